The van der Waals surface area contributed by atoms with E-state index in [1.54, 1.807) is 6.92 Å². The third-order valence-corrected chi connectivity index (χ3v) is 2.39. The van der Waals surface area contributed by atoms with Gasteiger partial charge in [-0.25, -0.2) is 9.59 Å². The van der Waals surface area contributed by atoms with E-state index < -0.39 is 23.9 Å². The summed E-state index contributed by atoms with van der Waals surface area (Å²) in [5.41, 5.74) is 0. The fourth-order valence-corrected chi connectivity index (χ4v) is 1.43. The van der Waals surface area contributed by atoms with Gasteiger partial charge in [0.15, 0.2) is 0 Å². The molecule has 0 aliphatic carbocycles. The number of carboxylic acids is 2. The van der Waals surface area contributed by atoms with Crippen LogP contribution in [0.5, 0.6) is 0 Å². The Balaban J connectivity index is 3.81. The van der Waals surface area contributed by atoms with Gasteiger partial charge in [-0.05, 0) is 19.8 Å². The number of rotatable bonds is 10. The van der Waals surface area contributed by atoms with E-state index in [9.17, 15) is 19.2 Å². The highest BCUT2D eigenvalue weighted by Gasteiger charge is 2.27. The van der Waals surface area contributed by atoms with E-state index in [1.807, 2.05) is 5.32 Å². The van der Waals surface area contributed by atoms with Gasteiger partial charge in [-0.3, -0.25) is 9.59 Å². The van der Waals surface area contributed by atoms with Gasteiger partial charge in [-0.1, -0.05) is 6.42 Å². The average molecular weight is 289 g/mol. The lowest BCUT2D eigenvalue weighted by atomic mass is 10.1. The van der Waals surface area contributed by atoms with Crippen molar-refractivity contribution < 1.29 is 34.1 Å². The van der Waals surface area contributed by atoms with Gasteiger partial charge >= 0.3 is 17.9 Å². The summed E-state index contributed by atoms with van der Waals surface area (Å²) in [6, 6.07) is -1.93. The predicted molar refractivity (Wildman–Crippen MR) is 66.9 cm³/mol. The molecule has 0 aliphatic rings. The molecule has 8 nitrogen and oxygen atoms in total. The molecule has 0 rings (SSSR count). The van der Waals surface area contributed by atoms with Gasteiger partial charge in [0.05, 0.1) is 6.61 Å². The summed E-state index contributed by atoms with van der Waals surface area (Å²) >= 11 is 0. The average Bonchev–Trinajstić information content (AvgIpc) is 2.35. The van der Waals surface area contributed by atoms with E-state index in [0.717, 1.165) is 0 Å². The highest BCUT2D eigenvalue weighted by molar-refractivity contribution is 6.00. The fourth-order valence-electron chi connectivity index (χ4n) is 1.43. The Morgan fingerprint density at radius 1 is 1.00 bits per heavy atom. The zero-order valence-corrected chi connectivity index (χ0v) is 11.3. The van der Waals surface area contributed by atoms with Crippen molar-refractivity contribution in [2.75, 3.05) is 6.61 Å². The number of nitrogens with one attached hydrogen (secondary N) is 1. The topological polar surface area (TPSA) is 130 Å². The summed E-state index contributed by atoms with van der Waals surface area (Å²) in [7, 11) is 0. The van der Waals surface area contributed by atoms with Crippen LogP contribution in [-0.2, 0) is 23.9 Å². The first-order valence-electron chi connectivity index (χ1n) is 6.29. The molecule has 0 radical (unpaired) electrons. The van der Waals surface area contributed by atoms with Gasteiger partial charge < -0.3 is 20.3 Å². The van der Waals surface area contributed by atoms with Gasteiger partial charge in [0.2, 0.25) is 11.9 Å². The molecule has 8 heteroatoms. The van der Waals surface area contributed by atoms with Gasteiger partial charge in [-0.15, -0.1) is 0 Å². The Kier molecular flexibility index (Phi) is 8.73. The Labute approximate surface area is 116 Å². The third kappa shape index (κ3) is 8.06. The number of hydrogen-bond acceptors (Lipinski definition) is 5. The van der Waals surface area contributed by atoms with Crippen molar-refractivity contribution in [3.8, 4) is 0 Å². The molecule has 0 fully saturated rings. The minimum Gasteiger partial charge on any atom is -0.479 e. The van der Waals surface area contributed by atoms with Crippen LogP contribution >= 0.6 is 0 Å². The zero-order valence-electron chi connectivity index (χ0n) is 11.3. The molecule has 0 aliphatic heterocycles. The molecule has 0 saturated carbocycles. The number of amides is 1. The lowest BCUT2D eigenvalue weighted by Crippen LogP contribution is -2.46. The van der Waals surface area contributed by atoms with Crippen molar-refractivity contribution in [3.63, 3.8) is 0 Å². The first-order valence-corrected chi connectivity index (χ1v) is 6.29. The highest BCUT2D eigenvalue weighted by atomic mass is 16.5. The summed E-state index contributed by atoms with van der Waals surface area (Å²) in [5, 5.41) is 19.0. The quantitative estimate of drug-likeness (QED) is 0.296. The minimum atomic E-state index is -1.93. The maximum Gasteiger partial charge on any atom is 0.338 e. The van der Waals surface area contributed by atoms with Gasteiger partial charge in [-0.2, -0.15) is 0 Å². The Hall–Kier alpha value is -2.12. The Morgan fingerprint density at radius 3 is 2.05 bits per heavy atom. The fraction of sp³-hybridized carbons (Fsp3) is 0.667. The van der Waals surface area contributed by atoms with Crippen molar-refractivity contribution in [1.82, 2.24) is 5.32 Å². The first kappa shape index (κ1) is 17.9. The maximum atomic E-state index is 11.3. The van der Waals surface area contributed by atoms with Crippen LogP contribution in [0.1, 0.15) is 39.0 Å². The van der Waals surface area contributed by atoms with Crippen LogP contribution < -0.4 is 5.32 Å². The molecule has 1 amide bonds. The van der Waals surface area contributed by atoms with Gasteiger partial charge in [0.25, 0.3) is 0 Å². The van der Waals surface area contributed by atoms with Crippen LogP contribution in [0.4, 0.5) is 0 Å². The lowest BCUT2D eigenvalue weighted by Gasteiger charge is -2.09. The molecule has 20 heavy (non-hydrogen) atoms. The third-order valence-electron chi connectivity index (χ3n) is 2.39. The number of carbonyl (C=O) groups is 4. The van der Waals surface area contributed by atoms with Crippen LogP contribution in [0.25, 0.3) is 0 Å². The summed E-state index contributed by atoms with van der Waals surface area (Å²) in [6.45, 7) is 2.04. The van der Waals surface area contributed by atoms with Crippen molar-refractivity contribution in [2.24, 2.45) is 0 Å². The Bertz CT molecular complexity index is 353. The van der Waals surface area contributed by atoms with Crippen LogP contribution in [0.2, 0.25) is 0 Å². The number of carboxylic acid groups (broad SMARTS) is 2. The van der Waals surface area contributed by atoms with E-state index in [0.29, 0.717) is 25.9 Å². The van der Waals surface area contributed by atoms with E-state index in [-0.39, 0.29) is 18.8 Å². The van der Waals surface area contributed by atoms with Crippen LogP contribution in [0, 0.1) is 0 Å². The molecule has 0 aromatic carbocycles. The number of aliphatic carboxylic acids is 2. The van der Waals surface area contributed by atoms with Crippen LogP contribution in [0.3, 0.4) is 0 Å². The summed E-state index contributed by atoms with van der Waals surface area (Å²) in [6.07, 6.45) is 1.88. The van der Waals surface area contributed by atoms with Crippen molar-refractivity contribution in [2.45, 2.75) is 45.1 Å². The number of hydrogen-bond donors (Lipinski definition) is 3. The molecule has 3 N–H and O–H groups in total. The second-order valence-electron chi connectivity index (χ2n) is 4.04. The summed E-state index contributed by atoms with van der Waals surface area (Å²) in [4.78, 5) is 43.4. The minimum absolute atomic E-state index is 0.0138. The zero-order chi connectivity index (χ0) is 15.5. The number of esters is 1. The highest BCUT2D eigenvalue weighted by Crippen LogP contribution is 2.04. The van der Waals surface area contributed by atoms with Crippen LogP contribution in [0.15, 0.2) is 0 Å². The molecule has 0 aromatic rings. The molecule has 0 atom stereocenters. The van der Waals surface area contributed by atoms with E-state index in [2.05, 4.69) is 0 Å². The second kappa shape index (κ2) is 9.76. The number of unbranched alkanes of at least 4 members (excludes halogenated alkanes) is 2. The Morgan fingerprint density at radius 2 is 1.55 bits per heavy atom. The predicted octanol–water partition coefficient (Wildman–Crippen LogP) is 0.154. The molecule has 0 saturated heterocycles. The molecule has 0 heterocycles. The van der Waals surface area contributed by atoms with E-state index in [4.69, 9.17) is 14.9 Å². The van der Waals surface area contributed by atoms with Gasteiger partial charge in [0, 0.05) is 12.8 Å². The smallest absolute Gasteiger partial charge is 0.338 e. The number of carbonyl (C=O) groups excluding carboxylic acids is 2. The largest absolute Gasteiger partial charge is 0.479 e. The molecule has 0 unspecified atom stereocenters. The first-order chi connectivity index (χ1) is 9.38. The number of ether oxygens (including phenoxy) is 1. The van der Waals surface area contributed by atoms with Crippen molar-refractivity contribution in [1.29, 1.82) is 0 Å². The van der Waals surface area contributed by atoms with Gasteiger partial charge in [0.1, 0.15) is 0 Å². The summed E-state index contributed by atoms with van der Waals surface area (Å²) < 4.78 is 4.73. The van der Waals surface area contributed by atoms with Crippen molar-refractivity contribution >= 4 is 23.8 Å². The second-order valence-corrected chi connectivity index (χ2v) is 4.04. The van der Waals surface area contributed by atoms with Crippen LogP contribution in [-0.4, -0.2) is 46.7 Å². The molecule has 114 valence electrons. The SMILES string of the molecule is CCOC(=O)CCCCCC(=O)NC(C(=O)O)C(=O)O. The molecule has 0 spiro atoms. The van der Waals surface area contributed by atoms with E-state index >= 15 is 0 Å². The molecular weight excluding hydrogens is 270 g/mol. The standard InChI is InChI=1S/C12H19NO7/c1-2-20-9(15)7-5-3-4-6-8(14)13-10(11(16)17)12(18)19/h10H,2-7H2,1H3,(H,13,14)(H,16,17)(H,18,19). The van der Waals surface area contributed by atoms with Crippen molar-refractivity contribution in [3.05, 3.63) is 0 Å². The van der Waals surface area contributed by atoms with E-state index in [1.165, 1.54) is 0 Å². The lowest BCUT2D eigenvalue weighted by molar-refractivity contribution is -0.153. The maximum absolute atomic E-state index is 11.3. The monoisotopic (exact) mass is 289 g/mol. The molecule has 0 aromatic heterocycles. The molecule has 0 bridgehead atoms. The summed E-state index contributed by atoms with van der Waals surface area (Å²) in [5.74, 6) is -4.17. The normalized spacial score (nSPS) is 10.1. The molecular formula is C12H19NO7.